The van der Waals surface area contributed by atoms with Gasteiger partial charge in [0.1, 0.15) is 11.4 Å². The molecule has 3 aromatic rings. The van der Waals surface area contributed by atoms with E-state index in [-0.39, 0.29) is 18.1 Å². The van der Waals surface area contributed by atoms with E-state index in [2.05, 4.69) is 25.5 Å². The molecule has 2 amide bonds. The van der Waals surface area contributed by atoms with Gasteiger partial charge in [0.25, 0.3) is 5.91 Å². The Labute approximate surface area is 215 Å². The van der Waals surface area contributed by atoms with Crippen molar-refractivity contribution in [1.82, 2.24) is 24.9 Å². The van der Waals surface area contributed by atoms with Crippen LogP contribution in [-0.4, -0.2) is 74.8 Å². The fourth-order valence-corrected chi connectivity index (χ4v) is 4.31. The first-order valence-electron chi connectivity index (χ1n) is 12.7. The standard InChI is InChI=1S/C26H33N7O4/c1-26(2,3)37-25(35)33-12-10-32(11-13-33)23-9-8-22(28-29-23)27-24(34)19-14-17-16-31(4)30-20(17)15-21(19)36-18-6-5-7-18/h8-9,14-16,18H,5-7,10-13H2,1-4H3,(H,27,28,34). The summed E-state index contributed by atoms with van der Waals surface area (Å²) in [6.07, 6.45) is 4.80. The summed E-state index contributed by atoms with van der Waals surface area (Å²) in [5.41, 5.74) is 0.703. The minimum Gasteiger partial charge on any atom is -0.490 e. The Morgan fingerprint density at radius 1 is 1.05 bits per heavy atom. The molecule has 1 saturated carbocycles. The molecule has 5 rings (SSSR count). The van der Waals surface area contributed by atoms with Crippen LogP contribution in [0.4, 0.5) is 16.4 Å². The maximum absolute atomic E-state index is 13.2. The number of anilines is 2. The second-order valence-corrected chi connectivity index (χ2v) is 10.6. The van der Waals surface area contributed by atoms with Crippen molar-refractivity contribution in [2.75, 3.05) is 36.4 Å². The molecule has 1 saturated heterocycles. The highest BCUT2D eigenvalue weighted by Gasteiger charge is 2.27. The van der Waals surface area contributed by atoms with E-state index in [1.54, 1.807) is 21.7 Å². The van der Waals surface area contributed by atoms with Crippen molar-refractivity contribution in [3.63, 3.8) is 0 Å². The number of carbonyl (C=O) groups excluding carboxylic acids is 2. The molecule has 37 heavy (non-hydrogen) atoms. The van der Waals surface area contributed by atoms with Crippen molar-refractivity contribution in [2.45, 2.75) is 51.7 Å². The largest absolute Gasteiger partial charge is 0.490 e. The average Bonchev–Trinajstić information content (AvgIpc) is 3.19. The van der Waals surface area contributed by atoms with E-state index >= 15 is 0 Å². The maximum atomic E-state index is 13.2. The summed E-state index contributed by atoms with van der Waals surface area (Å²) in [4.78, 5) is 29.3. The number of aryl methyl sites for hydroxylation is 1. The molecule has 2 aliphatic rings. The molecule has 2 fully saturated rings. The van der Waals surface area contributed by atoms with Crippen molar-refractivity contribution >= 4 is 34.5 Å². The van der Waals surface area contributed by atoms with Gasteiger partial charge in [-0.15, -0.1) is 10.2 Å². The first-order valence-corrected chi connectivity index (χ1v) is 12.7. The summed E-state index contributed by atoms with van der Waals surface area (Å²) >= 11 is 0. The molecule has 0 unspecified atom stereocenters. The highest BCUT2D eigenvalue weighted by atomic mass is 16.6. The topological polar surface area (TPSA) is 115 Å². The molecule has 2 aromatic heterocycles. The number of hydrogen-bond donors (Lipinski definition) is 1. The number of nitrogens with zero attached hydrogens (tertiary/aromatic N) is 6. The molecule has 0 atom stereocenters. The number of piperazine rings is 1. The van der Waals surface area contributed by atoms with Crippen LogP contribution in [-0.2, 0) is 11.8 Å². The molecule has 1 N–H and O–H groups in total. The minimum absolute atomic E-state index is 0.127. The molecule has 1 aliphatic heterocycles. The van der Waals surface area contributed by atoms with Gasteiger partial charge in [0.2, 0.25) is 0 Å². The number of hydrogen-bond acceptors (Lipinski definition) is 8. The van der Waals surface area contributed by atoms with Crippen molar-refractivity contribution in [2.24, 2.45) is 7.05 Å². The summed E-state index contributed by atoms with van der Waals surface area (Å²) in [7, 11) is 1.85. The van der Waals surface area contributed by atoms with Gasteiger partial charge in [0.15, 0.2) is 11.6 Å². The number of carbonyl (C=O) groups is 2. The van der Waals surface area contributed by atoms with Crippen LogP contribution in [0, 0.1) is 0 Å². The first kappa shape index (κ1) is 24.8. The van der Waals surface area contributed by atoms with E-state index in [1.807, 2.05) is 46.1 Å². The summed E-state index contributed by atoms with van der Waals surface area (Å²) in [5, 5.41) is 16.7. The van der Waals surface area contributed by atoms with Crippen LogP contribution >= 0.6 is 0 Å². The van der Waals surface area contributed by atoms with Crippen molar-refractivity contribution in [3.05, 3.63) is 36.0 Å². The molecule has 0 bridgehead atoms. The number of ether oxygens (including phenoxy) is 2. The van der Waals surface area contributed by atoms with Gasteiger partial charge in [-0.2, -0.15) is 5.10 Å². The van der Waals surface area contributed by atoms with E-state index in [4.69, 9.17) is 9.47 Å². The van der Waals surface area contributed by atoms with Gasteiger partial charge in [-0.05, 0) is 58.2 Å². The van der Waals surface area contributed by atoms with Gasteiger partial charge < -0.3 is 24.6 Å². The lowest BCUT2D eigenvalue weighted by molar-refractivity contribution is 0.0240. The van der Waals surface area contributed by atoms with Gasteiger partial charge in [-0.1, -0.05) is 0 Å². The van der Waals surface area contributed by atoms with Crippen LogP contribution in [0.2, 0.25) is 0 Å². The summed E-state index contributed by atoms with van der Waals surface area (Å²) in [6, 6.07) is 7.18. The number of fused-ring (bicyclic) bond motifs is 1. The summed E-state index contributed by atoms with van der Waals surface area (Å²) in [6.45, 7) is 7.88. The number of amides is 2. The van der Waals surface area contributed by atoms with Gasteiger partial charge in [-0.3, -0.25) is 9.48 Å². The number of nitrogens with one attached hydrogen (secondary N) is 1. The fourth-order valence-electron chi connectivity index (χ4n) is 4.31. The second-order valence-electron chi connectivity index (χ2n) is 10.6. The molecule has 196 valence electrons. The predicted molar refractivity (Wildman–Crippen MR) is 139 cm³/mol. The Kier molecular flexibility index (Phi) is 6.61. The second kappa shape index (κ2) is 9.87. The third-order valence-corrected chi connectivity index (χ3v) is 6.46. The highest BCUT2D eigenvalue weighted by molar-refractivity contribution is 6.08. The van der Waals surface area contributed by atoms with E-state index in [0.717, 1.165) is 30.2 Å². The zero-order valence-electron chi connectivity index (χ0n) is 21.7. The monoisotopic (exact) mass is 507 g/mol. The van der Waals surface area contributed by atoms with E-state index < -0.39 is 5.60 Å². The molecule has 11 nitrogen and oxygen atoms in total. The molecule has 0 spiro atoms. The average molecular weight is 508 g/mol. The first-order chi connectivity index (χ1) is 17.6. The quantitative estimate of drug-likeness (QED) is 0.557. The third kappa shape index (κ3) is 5.76. The van der Waals surface area contributed by atoms with Crippen LogP contribution in [0.1, 0.15) is 50.4 Å². The number of rotatable bonds is 5. The van der Waals surface area contributed by atoms with Gasteiger partial charge >= 0.3 is 6.09 Å². The molecule has 0 radical (unpaired) electrons. The Morgan fingerprint density at radius 2 is 1.81 bits per heavy atom. The lowest BCUT2D eigenvalue weighted by Crippen LogP contribution is -2.50. The Morgan fingerprint density at radius 3 is 2.43 bits per heavy atom. The minimum atomic E-state index is -0.520. The molecule has 1 aliphatic carbocycles. The summed E-state index contributed by atoms with van der Waals surface area (Å²) in [5.74, 6) is 1.25. The Bertz CT molecular complexity index is 1290. The Balaban J connectivity index is 1.23. The maximum Gasteiger partial charge on any atom is 0.410 e. The lowest BCUT2D eigenvalue weighted by atomic mass is 9.96. The molecule has 11 heteroatoms. The highest BCUT2D eigenvalue weighted by Crippen LogP contribution is 2.31. The third-order valence-electron chi connectivity index (χ3n) is 6.46. The van der Waals surface area contributed by atoms with Crippen molar-refractivity contribution in [3.8, 4) is 5.75 Å². The smallest absolute Gasteiger partial charge is 0.410 e. The number of benzene rings is 1. The van der Waals surface area contributed by atoms with Crippen LogP contribution in [0.3, 0.4) is 0 Å². The molecule has 1 aromatic carbocycles. The van der Waals surface area contributed by atoms with Gasteiger partial charge in [0, 0.05) is 50.9 Å². The van der Waals surface area contributed by atoms with Crippen LogP contribution in [0.5, 0.6) is 5.75 Å². The van der Waals surface area contributed by atoms with Gasteiger partial charge in [0.05, 0.1) is 17.2 Å². The summed E-state index contributed by atoms with van der Waals surface area (Å²) < 4.78 is 13.3. The zero-order chi connectivity index (χ0) is 26.2. The SMILES string of the molecule is Cn1cc2cc(C(=O)Nc3ccc(N4CCN(C(=O)OC(C)(C)C)CC4)nn3)c(OC3CCC3)cc2n1. The van der Waals surface area contributed by atoms with E-state index in [9.17, 15) is 9.59 Å². The molecule has 3 heterocycles. The van der Waals surface area contributed by atoms with E-state index in [1.165, 1.54) is 0 Å². The molecular formula is C26H33N7O4. The lowest BCUT2D eigenvalue weighted by Gasteiger charge is -2.35. The van der Waals surface area contributed by atoms with Gasteiger partial charge in [-0.25, -0.2) is 4.79 Å². The van der Waals surface area contributed by atoms with Crippen LogP contribution in [0.15, 0.2) is 30.5 Å². The molecular weight excluding hydrogens is 474 g/mol. The number of aromatic nitrogens is 4. The normalized spacial score (nSPS) is 16.4. The van der Waals surface area contributed by atoms with Crippen LogP contribution in [0.25, 0.3) is 10.9 Å². The van der Waals surface area contributed by atoms with Crippen molar-refractivity contribution < 1.29 is 19.1 Å². The van der Waals surface area contributed by atoms with Crippen LogP contribution < -0.4 is 15.0 Å². The Hall–Kier alpha value is -3.89. The fraction of sp³-hybridized carbons (Fsp3) is 0.500. The zero-order valence-corrected chi connectivity index (χ0v) is 21.7. The van der Waals surface area contributed by atoms with Crippen molar-refractivity contribution in [1.29, 1.82) is 0 Å². The predicted octanol–water partition coefficient (Wildman–Crippen LogP) is 3.60. The van der Waals surface area contributed by atoms with E-state index in [0.29, 0.717) is 49.1 Å².